The molecule has 1 aliphatic carbocycles. The van der Waals surface area contributed by atoms with Crippen molar-refractivity contribution in [3.8, 4) is 0 Å². The predicted octanol–water partition coefficient (Wildman–Crippen LogP) is 3.36. The van der Waals surface area contributed by atoms with Crippen LogP contribution in [-0.2, 0) is 4.74 Å². The van der Waals surface area contributed by atoms with Crippen LogP contribution in [-0.4, -0.2) is 13.2 Å². The molecule has 0 amide bonds. The average Bonchev–Trinajstić information content (AvgIpc) is 2.30. The van der Waals surface area contributed by atoms with Gasteiger partial charge in [-0.3, -0.25) is 0 Å². The van der Waals surface area contributed by atoms with Crippen LogP contribution in [0.25, 0.3) is 0 Å². The lowest BCUT2D eigenvalue weighted by atomic mass is 9.82. The summed E-state index contributed by atoms with van der Waals surface area (Å²) in [7, 11) is 1.83. The van der Waals surface area contributed by atoms with Crippen LogP contribution >= 0.6 is 0 Å². The van der Waals surface area contributed by atoms with Gasteiger partial charge in [-0.2, -0.15) is 0 Å². The van der Waals surface area contributed by atoms with Crippen LogP contribution in [0.5, 0.6) is 0 Å². The molecule has 0 aromatic heterocycles. The molecule has 1 fully saturated rings. The van der Waals surface area contributed by atoms with Crippen molar-refractivity contribution in [3.05, 3.63) is 35.9 Å². The molecular weight excluding hydrogens is 172 g/mol. The van der Waals surface area contributed by atoms with Crippen molar-refractivity contribution in [1.82, 2.24) is 0 Å². The van der Waals surface area contributed by atoms with Gasteiger partial charge in [-0.05, 0) is 30.7 Å². The number of ether oxygens (including phenoxy) is 1. The van der Waals surface area contributed by atoms with Gasteiger partial charge in [0.15, 0.2) is 0 Å². The van der Waals surface area contributed by atoms with Gasteiger partial charge in [0.25, 0.3) is 0 Å². The zero-order valence-corrected chi connectivity index (χ0v) is 8.78. The second kappa shape index (κ2) is 4.61. The third-order valence-corrected chi connectivity index (χ3v) is 3.23. The molecule has 0 heterocycles. The first-order chi connectivity index (χ1) is 6.90. The Balaban J connectivity index is 2.04. The maximum atomic E-state index is 5.44. The van der Waals surface area contributed by atoms with Gasteiger partial charge >= 0.3 is 0 Å². The van der Waals surface area contributed by atoms with E-state index in [9.17, 15) is 0 Å². The molecule has 0 radical (unpaired) electrons. The topological polar surface area (TPSA) is 9.23 Å². The summed E-state index contributed by atoms with van der Waals surface area (Å²) in [6, 6.07) is 10.8. The Hall–Kier alpha value is -0.820. The first-order valence-electron chi connectivity index (χ1n) is 5.48. The Bertz CT molecular complexity index is 268. The van der Waals surface area contributed by atoms with Crippen molar-refractivity contribution < 1.29 is 4.74 Å². The van der Waals surface area contributed by atoms with Gasteiger partial charge in [0.2, 0.25) is 0 Å². The summed E-state index contributed by atoms with van der Waals surface area (Å²) in [6.07, 6.45) is 5.54. The van der Waals surface area contributed by atoms with E-state index in [2.05, 4.69) is 30.3 Å². The Morgan fingerprint density at radius 1 is 1.14 bits per heavy atom. The number of hydrogen-bond donors (Lipinski definition) is 0. The van der Waals surface area contributed by atoms with E-state index >= 15 is 0 Å². The molecule has 2 rings (SSSR count). The molecule has 1 nitrogen and oxygen atoms in total. The minimum absolute atomic E-state index is 0.481. The van der Waals surface area contributed by atoms with E-state index in [0.717, 1.165) is 5.92 Å². The lowest BCUT2D eigenvalue weighted by molar-refractivity contribution is 0.0635. The summed E-state index contributed by atoms with van der Waals surface area (Å²) in [4.78, 5) is 0. The number of hydrogen-bond acceptors (Lipinski definition) is 1. The van der Waals surface area contributed by atoms with E-state index in [-0.39, 0.29) is 0 Å². The van der Waals surface area contributed by atoms with Crippen LogP contribution < -0.4 is 0 Å². The standard InChI is InChI=1S/C13H18O/c1-14-13-9-5-8-12(10-13)11-6-3-2-4-7-11/h2-4,6-7,12-13H,5,8-10H2,1H3. The molecule has 1 aliphatic rings. The molecule has 2 unspecified atom stereocenters. The van der Waals surface area contributed by atoms with Crippen molar-refractivity contribution in [3.63, 3.8) is 0 Å². The first kappa shape index (κ1) is 9.72. The Morgan fingerprint density at radius 2 is 1.93 bits per heavy atom. The van der Waals surface area contributed by atoms with E-state index < -0.39 is 0 Å². The third kappa shape index (κ3) is 2.16. The van der Waals surface area contributed by atoms with E-state index in [1.807, 2.05) is 7.11 Å². The third-order valence-electron chi connectivity index (χ3n) is 3.23. The van der Waals surface area contributed by atoms with Crippen molar-refractivity contribution in [2.75, 3.05) is 7.11 Å². The zero-order chi connectivity index (χ0) is 9.80. The summed E-state index contributed by atoms with van der Waals surface area (Å²) in [5, 5.41) is 0. The normalized spacial score (nSPS) is 27.5. The van der Waals surface area contributed by atoms with Gasteiger partial charge in [0.1, 0.15) is 0 Å². The second-order valence-corrected chi connectivity index (χ2v) is 4.13. The van der Waals surface area contributed by atoms with E-state index in [1.165, 1.54) is 31.2 Å². The maximum absolute atomic E-state index is 5.44. The highest BCUT2D eigenvalue weighted by Crippen LogP contribution is 2.33. The Labute approximate surface area is 86.1 Å². The Kier molecular flexibility index (Phi) is 3.20. The van der Waals surface area contributed by atoms with Crippen LogP contribution in [0.4, 0.5) is 0 Å². The summed E-state index contributed by atoms with van der Waals surface area (Å²) >= 11 is 0. The maximum Gasteiger partial charge on any atom is 0.0577 e. The van der Waals surface area contributed by atoms with Crippen molar-refractivity contribution in [2.24, 2.45) is 0 Å². The van der Waals surface area contributed by atoms with Crippen molar-refractivity contribution in [2.45, 2.75) is 37.7 Å². The van der Waals surface area contributed by atoms with Gasteiger partial charge in [-0.1, -0.05) is 36.8 Å². The smallest absolute Gasteiger partial charge is 0.0577 e. The highest BCUT2D eigenvalue weighted by Gasteiger charge is 2.22. The molecule has 0 N–H and O–H groups in total. The molecule has 1 aromatic carbocycles. The zero-order valence-electron chi connectivity index (χ0n) is 8.78. The average molecular weight is 190 g/mol. The monoisotopic (exact) mass is 190 g/mol. The van der Waals surface area contributed by atoms with Crippen molar-refractivity contribution >= 4 is 0 Å². The lowest BCUT2D eigenvalue weighted by Crippen LogP contribution is -2.20. The van der Waals surface area contributed by atoms with Gasteiger partial charge in [-0.25, -0.2) is 0 Å². The second-order valence-electron chi connectivity index (χ2n) is 4.13. The van der Waals surface area contributed by atoms with Gasteiger partial charge in [0.05, 0.1) is 6.10 Å². The molecule has 0 saturated heterocycles. The van der Waals surface area contributed by atoms with Gasteiger partial charge in [-0.15, -0.1) is 0 Å². The van der Waals surface area contributed by atoms with Gasteiger partial charge < -0.3 is 4.74 Å². The molecule has 1 heteroatoms. The fourth-order valence-corrected chi connectivity index (χ4v) is 2.39. The molecule has 0 aliphatic heterocycles. The van der Waals surface area contributed by atoms with E-state index in [0.29, 0.717) is 6.10 Å². The highest BCUT2D eigenvalue weighted by atomic mass is 16.5. The molecular formula is C13H18O. The number of rotatable bonds is 2. The summed E-state index contributed by atoms with van der Waals surface area (Å²) in [6.45, 7) is 0. The highest BCUT2D eigenvalue weighted by molar-refractivity contribution is 5.20. The van der Waals surface area contributed by atoms with Crippen molar-refractivity contribution in [1.29, 1.82) is 0 Å². The summed E-state index contributed by atoms with van der Waals surface area (Å²) < 4.78 is 5.44. The minimum atomic E-state index is 0.481. The Morgan fingerprint density at radius 3 is 2.64 bits per heavy atom. The van der Waals surface area contributed by atoms with E-state index in [1.54, 1.807) is 0 Å². The molecule has 1 saturated carbocycles. The number of benzene rings is 1. The molecule has 2 atom stereocenters. The minimum Gasteiger partial charge on any atom is -0.381 e. The van der Waals surface area contributed by atoms with Crippen LogP contribution in [0, 0.1) is 0 Å². The SMILES string of the molecule is COC1CCCC(c2ccccc2)C1. The van der Waals surface area contributed by atoms with Gasteiger partial charge in [0, 0.05) is 7.11 Å². The summed E-state index contributed by atoms with van der Waals surface area (Å²) in [5.74, 6) is 0.717. The van der Waals surface area contributed by atoms with Crippen LogP contribution in [0.1, 0.15) is 37.2 Å². The van der Waals surface area contributed by atoms with E-state index in [4.69, 9.17) is 4.74 Å². The molecule has 14 heavy (non-hydrogen) atoms. The quantitative estimate of drug-likeness (QED) is 0.695. The lowest BCUT2D eigenvalue weighted by Gasteiger charge is -2.28. The summed E-state index contributed by atoms with van der Waals surface area (Å²) in [5.41, 5.74) is 1.48. The largest absolute Gasteiger partial charge is 0.381 e. The fraction of sp³-hybridized carbons (Fsp3) is 0.538. The molecule has 1 aromatic rings. The van der Waals surface area contributed by atoms with Crippen LogP contribution in [0.15, 0.2) is 30.3 Å². The fourth-order valence-electron chi connectivity index (χ4n) is 2.39. The first-order valence-corrected chi connectivity index (χ1v) is 5.48. The molecule has 0 bridgehead atoms. The molecule has 0 spiro atoms. The van der Waals surface area contributed by atoms with Crippen LogP contribution in [0.3, 0.4) is 0 Å². The van der Waals surface area contributed by atoms with Crippen LogP contribution in [0.2, 0.25) is 0 Å². The molecule has 76 valence electrons. The number of methoxy groups -OCH3 is 1. The predicted molar refractivity (Wildman–Crippen MR) is 58.4 cm³/mol.